The monoisotopic (exact) mass is 492 g/mol. The minimum atomic E-state index is -0.618. The van der Waals surface area contributed by atoms with Gasteiger partial charge in [-0.3, -0.25) is 4.79 Å². The fraction of sp³-hybridized carbons (Fsp3) is 0.350. The van der Waals surface area contributed by atoms with Gasteiger partial charge in [0, 0.05) is 12.5 Å². The number of methoxy groups -OCH3 is 1. The lowest BCUT2D eigenvalue weighted by Crippen LogP contribution is -2.50. The smallest absolute Gasteiger partial charge is 0.316 e. The van der Waals surface area contributed by atoms with Gasteiger partial charge in [0.15, 0.2) is 0 Å². The summed E-state index contributed by atoms with van der Waals surface area (Å²) >= 11 is 2.16. The number of nitrogens with one attached hydrogen (secondary N) is 3. The molecule has 3 N–H and O–H groups in total. The van der Waals surface area contributed by atoms with Crippen molar-refractivity contribution in [3.63, 3.8) is 0 Å². The lowest BCUT2D eigenvalue weighted by Gasteiger charge is -2.22. The number of benzene rings is 1. The molecule has 1 saturated carbocycles. The van der Waals surface area contributed by atoms with Gasteiger partial charge < -0.3 is 20.7 Å². The topological polar surface area (TPSA) is 92.4 Å². The second kappa shape index (κ2) is 7.57. The van der Waals surface area contributed by atoms with E-state index in [4.69, 9.17) is 4.74 Å². The van der Waals surface area contributed by atoms with E-state index in [0.29, 0.717) is 6.54 Å². The second-order valence-electron chi connectivity index (χ2n) is 7.13. The summed E-state index contributed by atoms with van der Waals surface area (Å²) in [6.45, 7) is 0.486. The highest BCUT2D eigenvalue weighted by atomic mass is 127. The van der Waals surface area contributed by atoms with Crippen molar-refractivity contribution in [2.75, 3.05) is 13.7 Å². The molecule has 2 atom stereocenters. The van der Waals surface area contributed by atoms with Crippen LogP contribution < -0.4 is 20.7 Å². The van der Waals surface area contributed by atoms with Crippen LogP contribution in [-0.2, 0) is 10.3 Å². The third-order valence-corrected chi connectivity index (χ3v) is 5.92. The van der Waals surface area contributed by atoms with Gasteiger partial charge >= 0.3 is 6.03 Å². The zero-order chi connectivity index (χ0) is 19.7. The van der Waals surface area contributed by atoms with Gasteiger partial charge in [0.05, 0.1) is 18.3 Å². The lowest BCUT2D eigenvalue weighted by molar-refractivity contribution is -0.120. The Kier molecular flexibility index (Phi) is 5.13. The molecule has 0 bridgehead atoms. The summed E-state index contributed by atoms with van der Waals surface area (Å²) in [6.07, 6.45) is 1.68. The Morgan fingerprint density at radius 3 is 2.64 bits per heavy atom. The molecule has 0 radical (unpaired) electrons. The van der Waals surface area contributed by atoms with Crippen LogP contribution in [-0.4, -0.2) is 36.6 Å². The molecule has 28 heavy (non-hydrogen) atoms. The van der Waals surface area contributed by atoms with Crippen LogP contribution >= 0.6 is 22.6 Å². The predicted octanol–water partition coefficient (Wildman–Crippen LogP) is 2.27. The van der Waals surface area contributed by atoms with Crippen LogP contribution in [0.5, 0.6) is 5.75 Å². The molecule has 2 heterocycles. The Morgan fingerprint density at radius 1 is 1.25 bits per heavy atom. The minimum Gasteiger partial charge on any atom is -0.497 e. The fourth-order valence-corrected chi connectivity index (χ4v) is 4.06. The fourth-order valence-electron chi connectivity index (χ4n) is 3.59. The van der Waals surface area contributed by atoms with Crippen LogP contribution in [0.15, 0.2) is 42.5 Å². The molecule has 1 saturated heterocycles. The molecule has 2 aromatic rings. The zero-order valence-corrected chi connectivity index (χ0v) is 17.5. The number of pyridine rings is 1. The van der Waals surface area contributed by atoms with Crippen molar-refractivity contribution in [2.45, 2.75) is 30.3 Å². The zero-order valence-electron chi connectivity index (χ0n) is 15.4. The van der Waals surface area contributed by atoms with Crippen molar-refractivity contribution in [3.8, 4) is 5.75 Å². The number of halogens is 1. The molecular weight excluding hydrogens is 471 g/mol. The third kappa shape index (κ3) is 3.78. The Morgan fingerprint density at radius 2 is 2.00 bits per heavy atom. The largest absolute Gasteiger partial charge is 0.497 e. The number of carbonyl (C=O) groups excluding carboxylic acids is 2. The molecule has 2 aliphatic rings. The average molecular weight is 492 g/mol. The SMILES string of the molecule is COc1ccc([C@@H]2CNC(=O)[C@H]2NC(=O)NC2(c3cccc(I)n3)CC2)cc1. The Bertz CT molecular complexity index is 899. The van der Waals surface area contributed by atoms with Gasteiger partial charge in [-0.25, -0.2) is 9.78 Å². The Balaban J connectivity index is 1.46. The number of ether oxygens (including phenoxy) is 1. The van der Waals surface area contributed by atoms with E-state index < -0.39 is 11.6 Å². The molecule has 0 spiro atoms. The molecule has 2 fully saturated rings. The average Bonchev–Trinajstić information content (AvgIpc) is 3.39. The van der Waals surface area contributed by atoms with E-state index in [0.717, 1.165) is 33.5 Å². The summed E-state index contributed by atoms with van der Waals surface area (Å²) in [7, 11) is 1.61. The quantitative estimate of drug-likeness (QED) is 0.441. The van der Waals surface area contributed by atoms with E-state index in [1.54, 1.807) is 7.11 Å². The van der Waals surface area contributed by atoms with E-state index in [1.807, 2.05) is 42.5 Å². The molecule has 0 unspecified atom stereocenters. The van der Waals surface area contributed by atoms with Crippen LogP contribution in [0.1, 0.15) is 30.0 Å². The predicted molar refractivity (Wildman–Crippen MR) is 112 cm³/mol. The van der Waals surface area contributed by atoms with E-state index in [2.05, 4.69) is 43.5 Å². The highest BCUT2D eigenvalue weighted by molar-refractivity contribution is 14.1. The van der Waals surface area contributed by atoms with Gasteiger partial charge in [-0.05, 0) is 65.3 Å². The number of hydrogen-bond acceptors (Lipinski definition) is 4. The van der Waals surface area contributed by atoms with E-state index in [1.165, 1.54) is 0 Å². The van der Waals surface area contributed by atoms with Crippen molar-refractivity contribution in [3.05, 3.63) is 57.4 Å². The van der Waals surface area contributed by atoms with Crippen LogP contribution in [0, 0.1) is 3.70 Å². The highest BCUT2D eigenvalue weighted by Gasteiger charge is 2.48. The number of amides is 3. The molecule has 1 aliphatic carbocycles. The number of nitrogens with zero attached hydrogens (tertiary/aromatic N) is 1. The normalized spacial score (nSPS) is 22.3. The second-order valence-corrected chi connectivity index (χ2v) is 8.23. The maximum atomic E-state index is 12.7. The summed E-state index contributed by atoms with van der Waals surface area (Å²) in [4.78, 5) is 29.5. The Labute approximate surface area is 176 Å². The highest BCUT2D eigenvalue weighted by Crippen LogP contribution is 2.44. The van der Waals surface area contributed by atoms with Crippen molar-refractivity contribution in [2.24, 2.45) is 0 Å². The molecule has 3 amide bonds. The minimum absolute atomic E-state index is 0.130. The first-order valence-corrected chi connectivity index (χ1v) is 10.2. The summed E-state index contributed by atoms with van der Waals surface area (Å²) in [5.41, 5.74) is 1.40. The summed E-state index contributed by atoms with van der Waals surface area (Å²) in [5, 5.41) is 8.74. The molecule has 4 rings (SSSR count). The van der Waals surface area contributed by atoms with Gasteiger partial charge in [-0.15, -0.1) is 0 Å². The van der Waals surface area contributed by atoms with Gasteiger partial charge in [-0.2, -0.15) is 0 Å². The molecule has 1 aromatic heterocycles. The molecule has 146 valence electrons. The van der Waals surface area contributed by atoms with Gasteiger partial charge in [0.1, 0.15) is 15.5 Å². The van der Waals surface area contributed by atoms with E-state index >= 15 is 0 Å². The number of rotatable bonds is 5. The number of urea groups is 1. The third-order valence-electron chi connectivity index (χ3n) is 5.32. The van der Waals surface area contributed by atoms with Crippen LogP contribution in [0.3, 0.4) is 0 Å². The Hall–Kier alpha value is -2.36. The van der Waals surface area contributed by atoms with Crippen molar-refractivity contribution in [1.29, 1.82) is 0 Å². The lowest BCUT2D eigenvalue weighted by atomic mass is 9.94. The van der Waals surface area contributed by atoms with Gasteiger partial charge in [0.25, 0.3) is 0 Å². The van der Waals surface area contributed by atoms with Crippen LogP contribution in [0.2, 0.25) is 0 Å². The maximum absolute atomic E-state index is 12.7. The van der Waals surface area contributed by atoms with Crippen LogP contribution in [0.25, 0.3) is 0 Å². The van der Waals surface area contributed by atoms with Crippen molar-refractivity contribution >= 4 is 34.5 Å². The standard InChI is InChI=1S/C20H21IN4O3/c1-28-13-7-5-12(6-8-13)14-11-22-18(26)17(14)24-19(27)25-20(9-10-20)15-3-2-4-16(21)23-15/h2-8,14,17H,9-11H2,1H3,(H,22,26)(H2,24,25,27)/t14-,17-/m0/s1. The molecule has 8 heteroatoms. The number of hydrogen-bond donors (Lipinski definition) is 3. The number of aromatic nitrogens is 1. The molecule has 1 aliphatic heterocycles. The van der Waals surface area contributed by atoms with Gasteiger partial charge in [0.2, 0.25) is 5.91 Å². The van der Waals surface area contributed by atoms with Gasteiger partial charge in [-0.1, -0.05) is 18.2 Å². The van der Waals surface area contributed by atoms with Crippen molar-refractivity contribution in [1.82, 2.24) is 20.9 Å². The number of carbonyl (C=O) groups is 2. The first kappa shape index (κ1) is 19.0. The summed E-state index contributed by atoms with van der Waals surface area (Å²) < 4.78 is 6.08. The molecule has 7 nitrogen and oxygen atoms in total. The van der Waals surface area contributed by atoms with Crippen molar-refractivity contribution < 1.29 is 14.3 Å². The van der Waals surface area contributed by atoms with E-state index in [9.17, 15) is 9.59 Å². The first-order chi connectivity index (χ1) is 13.5. The molecule has 1 aromatic carbocycles. The van der Waals surface area contributed by atoms with Crippen LogP contribution in [0.4, 0.5) is 4.79 Å². The maximum Gasteiger partial charge on any atom is 0.316 e. The first-order valence-electron chi connectivity index (χ1n) is 9.14. The van der Waals surface area contributed by atoms with E-state index in [-0.39, 0.29) is 17.9 Å². The summed E-state index contributed by atoms with van der Waals surface area (Å²) in [5.74, 6) is 0.451. The summed E-state index contributed by atoms with van der Waals surface area (Å²) in [6, 6.07) is 12.4. The molecular formula is C20H21IN4O3.